The van der Waals surface area contributed by atoms with Crippen molar-refractivity contribution in [2.45, 2.75) is 6.10 Å². The molecule has 0 rings (SSSR count). The third-order valence-corrected chi connectivity index (χ3v) is 1.14. The molecule has 0 saturated heterocycles. The fourth-order valence-electron chi connectivity index (χ4n) is 0.872. The van der Waals surface area contributed by atoms with Gasteiger partial charge in [0.05, 0.1) is 0 Å². The van der Waals surface area contributed by atoms with Crippen LogP contribution >= 0.6 is 0 Å². The number of hydrogen-bond acceptors (Lipinski definition) is 3. The average Bonchev–Trinajstić information content (AvgIpc) is 1.58. The van der Waals surface area contributed by atoms with E-state index in [4.69, 9.17) is 0 Å². The Kier molecular flexibility index (Phi) is 9.86. The summed E-state index contributed by atoms with van der Waals surface area (Å²) in [6, 6.07) is 0. The minimum absolute atomic E-state index is 0. The summed E-state index contributed by atoms with van der Waals surface area (Å²) >= 11 is 0. The fraction of sp³-hybridized carbons (Fsp3) is 1.00. The molecule has 0 bridgehead atoms. The van der Waals surface area contributed by atoms with Gasteiger partial charge in [0.15, 0.2) is 0 Å². The molecule has 4 heteroatoms. The first-order valence-corrected chi connectivity index (χ1v) is 3.47. The number of likely N-dealkylation sites (N-methyl/N-ethyl adjacent to an activating group) is 2. The molecule has 0 aliphatic heterocycles. The van der Waals surface area contributed by atoms with Gasteiger partial charge in [-0.05, 0) is 41.3 Å². The van der Waals surface area contributed by atoms with E-state index in [0.717, 1.165) is 0 Å². The first-order chi connectivity index (χ1) is 4.52. The second-order valence-electron chi connectivity index (χ2n) is 3.15. The molecular formula is C7H17N2NaO. The van der Waals surface area contributed by atoms with Crippen molar-refractivity contribution in [2.75, 3.05) is 41.3 Å². The molecule has 0 aromatic heterocycles. The van der Waals surface area contributed by atoms with Gasteiger partial charge in [0.25, 0.3) is 0 Å². The van der Waals surface area contributed by atoms with Crippen molar-refractivity contribution >= 4 is 0 Å². The van der Waals surface area contributed by atoms with E-state index in [2.05, 4.69) is 0 Å². The van der Waals surface area contributed by atoms with E-state index in [0.29, 0.717) is 13.1 Å². The van der Waals surface area contributed by atoms with Gasteiger partial charge in [0.1, 0.15) is 0 Å². The monoisotopic (exact) mass is 168 g/mol. The predicted molar refractivity (Wildman–Crippen MR) is 40.9 cm³/mol. The van der Waals surface area contributed by atoms with E-state index in [9.17, 15) is 5.11 Å². The van der Waals surface area contributed by atoms with Gasteiger partial charge < -0.3 is 14.9 Å². The first kappa shape index (κ1) is 14.4. The van der Waals surface area contributed by atoms with Crippen molar-refractivity contribution in [2.24, 2.45) is 0 Å². The van der Waals surface area contributed by atoms with Crippen LogP contribution in [0.25, 0.3) is 0 Å². The molecule has 0 aromatic rings. The summed E-state index contributed by atoms with van der Waals surface area (Å²) < 4.78 is 0. The normalized spacial score (nSPS) is 10.9. The van der Waals surface area contributed by atoms with E-state index in [-0.39, 0.29) is 29.6 Å². The van der Waals surface area contributed by atoms with Gasteiger partial charge in [-0.3, -0.25) is 0 Å². The topological polar surface area (TPSA) is 29.5 Å². The maximum Gasteiger partial charge on any atom is 1.00 e. The van der Waals surface area contributed by atoms with E-state index in [1.165, 1.54) is 0 Å². The Morgan fingerprint density at radius 3 is 1.45 bits per heavy atom. The third-order valence-electron chi connectivity index (χ3n) is 1.14. The Hall–Kier alpha value is 0.880. The van der Waals surface area contributed by atoms with Crippen molar-refractivity contribution in [1.82, 2.24) is 9.80 Å². The van der Waals surface area contributed by atoms with Crippen molar-refractivity contribution < 1.29 is 34.7 Å². The molecule has 0 radical (unpaired) electrons. The SMILES string of the molecule is CN(C)CC([O-])CN(C)C.[Na+]. The summed E-state index contributed by atoms with van der Waals surface area (Å²) in [5.74, 6) is 0. The quantitative estimate of drug-likeness (QED) is 0.399. The second kappa shape index (κ2) is 7.53. The van der Waals surface area contributed by atoms with Gasteiger partial charge in [0, 0.05) is 0 Å². The Labute approximate surface area is 91.7 Å². The number of rotatable bonds is 4. The minimum Gasteiger partial charge on any atom is -0.850 e. The Morgan fingerprint density at radius 1 is 1.00 bits per heavy atom. The number of hydrogen-bond donors (Lipinski definition) is 0. The zero-order chi connectivity index (χ0) is 8.15. The summed E-state index contributed by atoms with van der Waals surface area (Å²) in [4.78, 5) is 3.84. The Balaban J connectivity index is 0. The summed E-state index contributed by atoms with van der Waals surface area (Å²) in [5.41, 5.74) is 0. The zero-order valence-electron chi connectivity index (χ0n) is 8.29. The van der Waals surface area contributed by atoms with E-state index in [1.54, 1.807) is 0 Å². The molecule has 0 N–H and O–H groups in total. The standard InChI is InChI=1S/C7H17N2O.Na/c1-8(2)5-7(10)6-9(3)4;/h7H,5-6H2,1-4H3;/q-1;+1. The van der Waals surface area contributed by atoms with Gasteiger partial charge in [-0.15, -0.1) is 6.10 Å². The largest absolute Gasteiger partial charge is 1.00 e. The molecule has 0 heterocycles. The predicted octanol–water partition coefficient (Wildman–Crippen LogP) is -4.16. The van der Waals surface area contributed by atoms with Crippen LogP contribution in [0.3, 0.4) is 0 Å². The van der Waals surface area contributed by atoms with Crippen LogP contribution in [0.1, 0.15) is 0 Å². The van der Waals surface area contributed by atoms with Crippen LogP contribution in [0.4, 0.5) is 0 Å². The summed E-state index contributed by atoms with van der Waals surface area (Å²) in [6.45, 7) is 1.25. The minimum atomic E-state index is -0.481. The van der Waals surface area contributed by atoms with Gasteiger partial charge in [0.2, 0.25) is 0 Å². The smallest absolute Gasteiger partial charge is 0.850 e. The van der Waals surface area contributed by atoms with Crippen molar-refractivity contribution in [1.29, 1.82) is 0 Å². The molecule has 0 saturated carbocycles. The molecule has 3 nitrogen and oxygen atoms in total. The van der Waals surface area contributed by atoms with Crippen LogP contribution in [-0.4, -0.2) is 57.2 Å². The summed E-state index contributed by atoms with van der Waals surface area (Å²) in [7, 11) is 7.67. The molecule has 0 atom stereocenters. The molecule has 0 amide bonds. The average molecular weight is 168 g/mol. The van der Waals surface area contributed by atoms with Crippen LogP contribution in [0.2, 0.25) is 0 Å². The number of nitrogens with zero attached hydrogens (tertiary/aromatic N) is 2. The van der Waals surface area contributed by atoms with E-state index >= 15 is 0 Å². The molecule has 0 aliphatic rings. The van der Waals surface area contributed by atoms with Crippen molar-refractivity contribution in [3.63, 3.8) is 0 Å². The van der Waals surface area contributed by atoms with Crippen LogP contribution in [0.15, 0.2) is 0 Å². The third kappa shape index (κ3) is 10.9. The van der Waals surface area contributed by atoms with E-state index in [1.807, 2.05) is 38.0 Å². The zero-order valence-corrected chi connectivity index (χ0v) is 10.3. The maximum atomic E-state index is 11.1. The Bertz CT molecular complexity index is 78.5. The van der Waals surface area contributed by atoms with Crippen LogP contribution in [0.5, 0.6) is 0 Å². The fourth-order valence-corrected chi connectivity index (χ4v) is 0.872. The molecule has 11 heavy (non-hydrogen) atoms. The van der Waals surface area contributed by atoms with Gasteiger partial charge >= 0.3 is 29.6 Å². The first-order valence-electron chi connectivity index (χ1n) is 3.47. The summed E-state index contributed by atoms with van der Waals surface area (Å²) in [6.07, 6.45) is -0.481. The van der Waals surface area contributed by atoms with Crippen molar-refractivity contribution in [3.8, 4) is 0 Å². The molecule has 0 unspecified atom stereocenters. The van der Waals surface area contributed by atoms with Crippen LogP contribution < -0.4 is 34.7 Å². The van der Waals surface area contributed by atoms with Gasteiger partial charge in [-0.25, -0.2) is 0 Å². The molecule has 0 fully saturated rings. The van der Waals surface area contributed by atoms with E-state index < -0.39 is 6.10 Å². The molecule has 62 valence electrons. The van der Waals surface area contributed by atoms with Crippen molar-refractivity contribution in [3.05, 3.63) is 0 Å². The van der Waals surface area contributed by atoms with Gasteiger partial charge in [-0.1, -0.05) is 0 Å². The van der Waals surface area contributed by atoms with Gasteiger partial charge in [-0.2, -0.15) is 0 Å². The van der Waals surface area contributed by atoms with Crippen LogP contribution in [-0.2, 0) is 0 Å². The second-order valence-corrected chi connectivity index (χ2v) is 3.15. The van der Waals surface area contributed by atoms with Crippen LogP contribution in [0, 0.1) is 0 Å². The maximum absolute atomic E-state index is 11.1. The molecular weight excluding hydrogens is 151 g/mol. The molecule has 0 aliphatic carbocycles. The summed E-state index contributed by atoms with van der Waals surface area (Å²) in [5, 5.41) is 11.1. The Morgan fingerprint density at radius 2 is 1.27 bits per heavy atom. The molecule has 0 spiro atoms. The molecule has 0 aromatic carbocycles.